The van der Waals surface area contributed by atoms with Crippen LogP contribution in [0.15, 0.2) is 17.6 Å². The lowest BCUT2D eigenvalue weighted by atomic mass is 10.3. The summed E-state index contributed by atoms with van der Waals surface area (Å²) in [5.41, 5.74) is 1.14. The Morgan fingerprint density at radius 1 is 1.31 bits per heavy atom. The van der Waals surface area contributed by atoms with Crippen LogP contribution in [0.1, 0.15) is 16.5 Å². The van der Waals surface area contributed by atoms with Gasteiger partial charge in [0.15, 0.2) is 0 Å². The molecule has 4 nitrogen and oxygen atoms in total. The largest absolute Gasteiger partial charge is 0.370 e. The first kappa shape index (κ1) is 11.0. The monoisotopic (exact) mass is 234 g/mol. The van der Waals surface area contributed by atoms with E-state index in [1.807, 2.05) is 19.9 Å². The molecule has 0 atom stereocenters. The summed E-state index contributed by atoms with van der Waals surface area (Å²) in [6.45, 7) is 4.75. The maximum absolute atomic E-state index is 4.41. The molecule has 2 rings (SSSR count). The fourth-order valence-electron chi connectivity index (χ4n) is 1.40. The average molecular weight is 234 g/mol. The molecule has 0 bridgehead atoms. The smallest absolute Gasteiger partial charge is 0.129 e. The number of aromatic nitrogens is 3. The lowest BCUT2D eigenvalue weighted by Crippen LogP contribution is -2.07. The van der Waals surface area contributed by atoms with Crippen molar-refractivity contribution in [2.24, 2.45) is 0 Å². The van der Waals surface area contributed by atoms with E-state index in [0.29, 0.717) is 0 Å². The van der Waals surface area contributed by atoms with E-state index in [1.54, 1.807) is 17.5 Å². The minimum atomic E-state index is 0.787. The third-order valence-electron chi connectivity index (χ3n) is 2.13. The van der Waals surface area contributed by atoms with Crippen molar-refractivity contribution in [3.63, 3.8) is 0 Å². The van der Waals surface area contributed by atoms with Crippen molar-refractivity contribution in [1.82, 2.24) is 15.0 Å². The minimum absolute atomic E-state index is 0.787. The third-order valence-corrected chi connectivity index (χ3v) is 2.95. The van der Waals surface area contributed by atoms with Crippen LogP contribution in [0.4, 0.5) is 5.82 Å². The molecule has 0 fully saturated rings. The summed E-state index contributed by atoms with van der Waals surface area (Å²) in [5.74, 6) is 1.66. The summed E-state index contributed by atoms with van der Waals surface area (Å²) < 4.78 is 0. The van der Waals surface area contributed by atoms with Gasteiger partial charge < -0.3 is 5.32 Å². The van der Waals surface area contributed by atoms with Gasteiger partial charge in [-0.05, 0) is 19.9 Å². The molecular formula is C11H14N4S. The molecule has 2 aromatic heterocycles. The molecule has 1 N–H and O–H groups in total. The topological polar surface area (TPSA) is 50.7 Å². The van der Waals surface area contributed by atoms with Crippen molar-refractivity contribution in [2.45, 2.75) is 20.3 Å². The fraction of sp³-hybridized carbons (Fsp3) is 0.364. The number of rotatable bonds is 4. The van der Waals surface area contributed by atoms with Crippen LogP contribution in [0.5, 0.6) is 0 Å². The molecule has 0 aliphatic rings. The Kier molecular flexibility index (Phi) is 3.46. The number of thiazole rings is 1. The SMILES string of the molecule is Cc1nccc(NCCc2csc(C)n2)n1. The Bertz CT molecular complexity index is 467. The Hall–Kier alpha value is -1.49. The van der Waals surface area contributed by atoms with E-state index in [-0.39, 0.29) is 0 Å². The van der Waals surface area contributed by atoms with Crippen LogP contribution in [0.3, 0.4) is 0 Å². The lowest BCUT2D eigenvalue weighted by Gasteiger charge is -2.03. The van der Waals surface area contributed by atoms with Crippen molar-refractivity contribution in [2.75, 3.05) is 11.9 Å². The zero-order chi connectivity index (χ0) is 11.4. The van der Waals surface area contributed by atoms with Gasteiger partial charge in [0.1, 0.15) is 11.6 Å². The van der Waals surface area contributed by atoms with Gasteiger partial charge in [0.25, 0.3) is 0 Å². The molecule has 2 aromatic rings. The molecule has 2 heterocycles. The number of anilines is 1. The second-order valence-corrected chi connectivity index (χ2v) is 4.59. The molecule has 0 radical (unpaired) electrons. The molecule has 0 aliphatic carbocycles. The zero-order valence-corrected chi connectivity index (χ0v) is 10.2. The van der Waals surface area contributed by atoms with Crippen LogP contribution in [0.25, 0.3) is 0 Å². The second kappa shape index (κ2) is 5.03. The second-order valence-electron chi connectivity index (χ2n) is 3.52. The molecule has 0 spiro atoms. The van der Waals surface area contributed by atoms with Gasteiger partial charge in [-0.3, -0.25) is 0 Å². The normalized spacial score (nSPS) is 10.4. The molecule has 0 unspecified atom stereocenters. The Balaban J connectivity index is 1.84. The van der Waals surface area contributed by atoms with Crippen molar-refractivity contribution in [3.05, 3.63) is 34.2 Å². The molecule has 16 heavy (non-hydrogen) atoms. The summed E-state index contributed by atoms with van der Waals surface area (Å²) in [4.78, 5) is 12.7. The van der Waals surface area contributed by atoms with Crippen molar-refractivity contribution in [3.8, 4) is 0 Å². The highest BCUT2D eigenvalue weighted by Crippen LogP contribution is 2.08. The highest BCUT2D eigenvalue weighted by Gasteiger charge is 1.99. The van der Waals surface area contributed by atoms with Crippen LogP contribution in [-0.2, 0) is 6.42 Å². The molecule has 0 aromatic carbocycles. The van der Waals surface area contributed by atoms with Gasteiger partial charge in [-0.2, -0.15) is 0 Å². The molecule has 0 saturated heterocycles. The first-order valence-corrected chi connectivity index (χ1v) is 6.06. The van der Waals surface area contributed by atoms with Gasteiger partial charge in [0, 0.05) is 24.5 Å². The van der Waals surface area contributed by atoms with E-state index in [4.69, 9.17) is 0 Å². The molecule has 5 heteroatoms. The van der Waals surface area contributed by atoms with Crippen molar-refractivity contribution < 1.29 is 0 Å². The quantitative estimate of drug-likeness (QED) is 0.881. The van der Waals surface area contributed by atoms with Crippen molar-refractivity contribution >= 4 is 17.2 Å². The van der Waals surface area contributed by atoms with E-state index in [0.717, 1.165) is 35.3 Å². The van der Waals surface area contributed by atoms with Gasteiger partial charge in [-0.15, -0.1) is 11.3 Å². The number of aryl methyl sites for hydroxylation is 2. The predicted molar refractivity (Wildman–Crippen MR) is 65.8 cm³/mol. The predicted octanol–water partition coefficient (Wildman–Crippen LogP) is 2.20. The van der Waals surface area contributed by atoms with E-state index in [2.05, 4.69) is 25.6 Å². The summed E-state index contributed by atoms with van der Waals surface area (Å²) in [6, 6.07) is 1.87. The number of hydrogen-bond acceptors (Lipinski definition) is 5. The van der Waals surface area contributed by atoms with Crippen LogP contribution >= 0.6 is 11.3 Å². The van der Waals surface area contributed by atoms with Gasteiger partial charge >= 0.3 is 0 Å². The van der Waals surface area contributed by atoms with Crippen LogP contribution in [0, 0.1) is 13.8 Å². The van der Waals surface area contributed by atoms with Crippen LogP contribution in [0.2, 0.25) is 0 Å². The van der Waals surface area contributed by atoms with E-state index in [9.17, 15) is 0 Å². The summed E-state index contributed by atoms with van der Waals surface area (Å²) in [6.07, 6.45) is 2.69. The van der Waals surface area contributed by atoms with Crippen LogP contribution in [-0.4, -0.2) is 21.5 Å². The zero-order valence-electron chi connectivity index (χ0n) is 9.40. The first-order chi connectivity index (χ1) is 7.74. The highest BCUT2D eigenvalue weighted by atomic mass is 32.1. The molecule has 0 saturated carbocycles. The van der Waals surface area contributed by atoms with Gasteiger partial charge in [-0.25, -0.2) is 15.0 Å². The van der Waals surface area contributed by atoms with E-state index < -0.39 is 0 Å². The summed E-state index contributed by atoms with van der Waals surface area (Å²) in [7, 11) is 0. The van der Waals surface area contributed by atoms with Gasteiger partial charge in [0.05, 0.1) is 10.7 Å². The Labute approximate surface area is 98.8 Å². The molecule has 0 amide bonds. The number of hydrogen-bond donors (Lipinski definition) is 1. The van der Waals surface area contributed by atoms with Crippen LogP contribution < -0.4 is 5.32 Å². The third kappa shape index (κ3) is 3.00. The molecule has 0 aliphatic heterocycles. The molecular weight excluding hydrogens is 220 g/mol. The molecule has 84 valence electrons. The van der Waals surface area contributed by atoms with Gasteiger partial charge in [0.2, 0.25) is 0 Å². The number of nitrogens with one attached hydrogen (secondary N) is 1. The Morgan fingerprint density at radius 3 is 2.88 bits per heavy atom. The summed E-state index contributed by atoms with van der Waals surface area (Å²) >= 11 is 1.69. The maximum atomic E-state index is 4.41. The minimum Gasteiger partial charge on any atom is -0.370 e. The van der Waals surface area contributed by atoms with Gasteiger partial charge in [-0.1, -0.05) is 0 Å². The maximum Gasteiger partial charge on any atom is 0.129 e. The van der Waals surface area contributed by atoms with E-state index >= 15 is 0 Å². The average Bonchev–Trinajstić information content (AvgIpc) is 2.64. The standard InChI is InChI=1S/C11H14N4S/c1-8-12-6-4-11(14-8)13-5-3-10-7-16-9(2)15-10/h4,6-7H,3,5H2,1-2H3,(H,12,13,14). The first-order valence-electron chi connectivity index (χ1n) is 5.18. The number of nitrogens with zero attached hydrogens (tertiary/aromatic N) is 3. The summed E-state index contributed by atoms with van der Waals surface area (Å²) in [5, 5.41) is 6.47. The lowest BCUT2D eigenvalue weighted by molar-refractivity contribution is 0.949. The van der Waals surface area contributed by atoms with E-state index in [1.165, 1.54) is 0 Å². The Morgan fingerprint density at radius 2 is 2.19 bits per heavy atom. The highest BCUT2D eigenvalue weighted by molar-refractivity contribution is 7.09. The van der Waals surface area contributed by atoms with Crippen molar-refractivity contribution in [1.29, 1.82) is 0 Å². The fourth-order valence-corrected chi connectivity index (χ4v) is 2.04.